The minimum absolute atomic E-state index is 0.135. The third-order valence-corrected chi connectivity index (χ3v) is 6.80. The van der Waals surface area contributed by atoms with Gasteiger partial charge < -0.3 is 10.4 Å². The SMILES string of the molecule is O=C(O)CCC(=O)Nc1cccc(S(=O)(=O)Nc2ccc(NNC(=O)n3ncc4c([N+](=O)[O-])cccc43)cc2)c1. The molecule has 5 N–H and O–H groups in total. The number of rotatable bonds is 10. The Balaban J connectivity index is 1.37. The van der Waals surface area contributed by atoms with Crippen LogP contribution in [0.3, 0.4) is 0 Å². The van der Waals surface area contributed by atoms with Crippen molar-refractivity contribution in [1.29, 1.82) is 0 Å². The number of hydrogen-bond donors (Lipinski definition) is 5. The fourth-order valence-corrected chi connectivity index (χ4v) is 4.66. The number of nitro groups is 1. The van der Waals surface area contributed by atoms with Gasteiger partial charge >= 0.3 is 12.0 Å². The van der Waals surface area contributed by atoms with Crippen LogP contribution in [0.1, 0.15) is 12.8 Å². The second-order valence-electron chi connectivity index (χ2n) is 8.23. The normalized spacial score (nSPS) is 11.0. The maximum Gasteiger partial charge on any atom is 0.361 e. The van der Waals surface area contributed by atoms with Gasteiger partial charge in [0.15, 0.2) is 0 Å². The highest BCUT2D eigenvalue weighted by molar-refractivity contribution is 7.92. The van der Waals surface area contributed by atoms with Crippen LogP contribution in [0, 0.1) is 10.1 Å². The number of sulfonamides is 1. The zero-order valence-electron chi connectivity index (χ0n) is 20.4. The van der Waals surface area contributed by atoms with E-state index in [2.05, 4.69) is 26.0 Å². The molecule has 40 heavy (non-hydrogen) atoms. The largest absolute Gasteiger partial charge is 0.481 e. The van der Waals surface area contributed by atoms with Crippen LogP contribution in [0.15, 0.2) is 77.8 Å². The molecule has 15 nitrogen and oxygen atoms in total. The van der Waals surface area contributed by atoms with E-state index in [0.29, 0.717) is 5.69 Å². The molecule has 0 fully saturated rings. The van der Waals surface area contributed by atoms with Crippen LogP contribution >= 0.6 is 0 Å². The van der Waals surface area contributed by atoms with E-state index in [9.17, 15) is 32.9 Å². The van der Waals surface area contributed by atoms with Gasteiger partial charge in [0, 0.05) is 23.9 Å². The van der Waals surface area contributed by atoms with E-state index in [1.165, 1.54) is 72.9 Å². The van der Waals surface area contributed by atoms with Crippen LogP contribution in [0.2, 0.25) is 0 Å². The van der Waals surface area contributed by atoms with Gasteiger partial charge in [-0.1, -0.05) is 12.1 Å². The Bertz CT molecular complexity index is 1720. The number of nitro benzene ring substituents is 1. The number of nitrogens with zero attached hydrogens (tertiary/aromatic N) is 3. The Morgan fingerprint density at radius 2 is 1.65 bits per heavy atom. The fraction of sp³-hybridized carbons (Fsp3) is 0.0833. The number of carbonyl (C=O) groups is 3. The zero-order chi connectivity index (χ0) is 28.9. The summed E-state index contributed by atoms with van der Waals surface area (Å²) in [5, 5.41) is 26.4. The first kappa shape index (κ1) is 27.5. The number of nitrogens with one attached hydrogen (secondary N) is 4. The molecule has 4 aromatic rings. The number of non-ortho nitro benzene ring substituents is 1. The number of aliphatic carboxylic acids is 1. The summed E-state index contributed by atoms with van der Waals surface area (Å²) in [6.45, 7) is 0. The molecule has 0 radical (unpaired) electrons. The molecule has 0 saturated heterocycles. The lowest BCUT2D eigenvalue weighted by Gasteiger charge is -2.12. The van der Waals surface area contributed by atoms with Crippen molar-refractivity contribution in [3.63, 3.8) is 0 Å². The van der Waals surface area contributed by atoms with E-state index in [-0.39, 0.29) is 45.7 Å². The highest BCUT2D eigenvalue weighted by Gasteiger charge is 2.18. The number of anilines is 3. The third kappa shape index (κ3) is 6.48. The van der Waals surface area contributed by atoms with E-state index in [1.54, 1.807) is 0 Å². The monoisotopic (exact) mass is 567 g/mol. The molecule has 0 saturated carbocycles. The summed E-state index contributed by atoms with van der Waals surface area (Å²) in [6, 6.07) is 14.9. The molecule has 4 rings (SSSR count). The van der Waals surface area contributed by atoms with Crippen molar-refractivity contribution >= 4 is 61.6 Å². The van der Waals surface area contributed by atoms with Crippen LogP contribution in [0.4, 0.5) is 27.5 Å². The van der Waals surface area contributed by atoms with Crippen molar-refractivity contribution in [3.8, 4) is 0 Å². The van der Waals surface area contributed by atoms with Gasteiger partial charge in [-0.2, -0.15) is 9.78 Å². The molecule has 1 aromatic heterocycles. The van der Waals surface area contributed by atoms with Crippen LogP contribution < -0.4 is 20.9 Å². The molecule has 16 heteroatoms. The van der Waals surface area contributed by atoms with Gasteiger partial charge in [0.1, 0.15) is 0 Å². The summed E-state index contributed by atoms with van der Waals surface area (Å²) in [4.78, 5) is 45.5. The summed E-state index contributed by atoms with van der Waals surface area (Å²) in [6.07, 6.45) is 0.606. The van der Waals surface area contributed by atoms with Crippen LogP contribution in [0.5, 0.6) is 0 Å². The topological polar surface area (TPSA) is 215 Å². The predicted octanol–water partition coefficient (Wildman–Crippen LogP) is 3.13. The molecule has 1 heterocycles. The van der Waals surface area contributed by atoms with E-state index in [4.69, 9.17) is 5.11 Å². The second-order valence-corrected chi connectivity index (χ2v) is 9.91. The first-order valence-corrected chi connectivity index (χ1v) is 12.9. The average molecular weight is 568 g/mol. The van der Waals surface area contributed by atoms with Gasteiger partial charge in [0.25, 0.3) is 15.7 Å². The fourth-order valence-electron chi connectivity index (χ4n) is 3.56. The Morgan fingerprint density at radius 3 is 2.35 bits per heavy atom. The van der Waals surface area contributed by atoms with E-state index >= 15 is 0 Å². The maximum atomic E-state index is 12.8. The minimum Gasteiger partial charge on any atom is -0.481 e. The highest BCUT2D eigenvalue weighted by atomic mass is 32.2. The molecular formula is C24H21N7O8S. The third-order valence-electron chi connectivity index (χ3n) is 5.42. The van der Waals surface area contributed by atoms with Gasteiger partial charge in [0.05, 0.1) is 39.0 Å². The van der Waals surface area contributed by atoms with Crippen molar-refractivity contribution in [2.45, 2.75) is 17.7 Å². The molecule has 0 aliphatic rings. The van der Waals surface area contributed by atoms with Crippen LogP contribution in [0.25, 0.3) is 10.9 Å². The van der Waals surface area contributed by atoms with Gasteiger partial charge in [0.2, 0.25) is 5.91 Å². The van der Waals surface area contributed by atoms with Crippen LogP contribution in [-0.4, -0.2) is 46.1 Å². The number of carboxylic acids is 1. The molecule has 0 aliphatic heterocycles. The average Bonchev–Trinajstić information content (AvgIpc) is 3.36. The summed E-state index contributed by atoms with van der Waals surface area (Å²) in [5.41, 5.74) is 5.90. The summed E-state index contributed by atoms with van der Waals surface area (Å²) < 4.78 is 29.0. The van der Waals surface area contributed by atoms with Crippen molar-refractivity contribution in [1.82, 2.24) is 15.2 Å². The van der Waals surface area contributed by atoms with E-state index in [0.717, 1.165) is 4.68 Å². The molecule has 3 aromatic carbocycles. The van der Waals surface area contributed by atoms with Gasteiger partial charge in [-0.3, -0.25) is 29.9 Å². The first-order chi connectivity index (χ1) is 19.0. The maximum absolute atomic E-state index is 12.8. The van der Waals surface area contributed by atoms with Gasteiger partial charge in [-0.25, -0.2) is 18.6 Å². The van der Waals surface area contributed by atoms with Crippen molar-refractivity contribution in [2.75, 3.05) is 15.5 Å². The Kier molecular flexibility index (Phi) is 7.90. The lowest BCUT2D eigenvalue weighted by atomic mass is 10.2. The second kappa shape index (κ2) is 11.5. The van der Waals surface area contributed by atoms with E-state index < -0.39 is 32.9 Å². The number of hydrogen-bond acceptors (Lipinski definition) is 9. The molecule has 206 valence electrons. The summed E-state index contributed by atoms with van der Waals surface area (Å²) in [7, 11) is -4.04. The molecule has 0 unspecified atom stereocenters. The molecular weight excluding hydrogens is 546 g/mol. The number of benzene rings is 3. The zero-order valence-corrected chi connectivity index (χ0v) is 21.2. The summed E-state index contributed by atoms with van der Waals surface area (Å²) >= 11 is 0. The molecule has 0 atom stereocenters. The van der Waals surface area contributed by atoms with Crippen LogP contribution in [-0.2, 0) is 19.6 Å². The molecule has 0 aliphatic carbocycles. The molecule has 2 amide bonds. The van der Waals surface area contributed by atoms with Gasteiger partial charge in [-0.15, -0.1) is 0 Å². The smallest absolute Gasteiger partial charge is 0.361 e. The number of fused-ring (bicyclic) bond motifs is 1. The Morgan fingerprint density at radius 1 is 0.950 bits per heavy atom. The van der Waals surface area contributed by atoms with E-state index in [1.807, 2.05) is 0 Å². The van der Waals surface area contributed by atoms with Crippen molar-refractivity contribution < 1.29 is 32.8 Å². The number of hydrazine groups is 1. The quantitative estimate of drug-likeness (QED) is 0.139. The molecule has 0 spiro atoms. The van der Waals surface area contributed by atoms with Crippen molar-refractivity contribution in [2.24, 2.45) is 0 Å². The molecule has 0 bridgehead atoms. The van der Waals surface area contributed by atoms with Gasteiger partial charge in [-0.05, 0) is 48.5 Å². The predicted molar refractivity (Wildman–Crippen MR) is 143 cm³/mol. The summed E-state index contributed by atoms with van der Waals surface area (Å²) in [5.74, 6) is -1.69. The lowest BCUT2D eigenvalue weighted by Crippen LogP contribution is -2.33. The number of carbonyl (C=O) groups excluding carboxylic acids is 2. The Hall–Kier alpha value is -5.51. The number of amides is 2. The van der Waals surface area contributed by atoms with Crippen molar-refractivity contribution in [3.05, 3.63) is 83.0 Å². The lowest BCUT2D eigenvalue weighted by molar-refractivity contribution is -0.383. The first-order valence-electron chi connectivity index (χ1n) is 11.5. The standard InChI is InChI=1S/C24H21N7O8S/c32-22(11-12-23(33)34)26-17-3-1-4-18(13-17)40(38,39)29-16-9-7-15(8-10-16)27-28-24(35)30-20-5-2-6-21(31(36)37)19(20)14-25-30/h1-10,13-14,27,29H,11-12H2,(H,26,32)(H,28,35)(H,33,34). The number of carboxylic acid groups (broad SMARTS) is 1. The minimum atomic E-state index is -4.04. The Labute approximate surface area is 226 Å². The number of aromatic nitrogens is 2. The highest BCUT2D eigenvalue weighted by Crippen LogP contribution is 2.25.